The zero-order valence-electron chi connectivity index (χ0n) is 8.86. The van der Waals surface area contributed by atoms with E-state index >= 15 is 0 Å². The first-order chi connectivity index (χ1) is 7.76. The molecule has 1 aliphatic heterocycles. The highest BCUT2D eigenvalue weighted by molar-refractivity contribution is 6.30. The summed E-state index contributed by atoms with van der Waals surface area (Å²) in [4.78, 5) is 22.2. The van der Waals surface area contributed by atoms with Crippen molar-refractivity contribution in [1.29, 1.82) is 0 Å². The number of ketones is 1. The van der Waals surface area contributed by atoms with Crippen LogP contribution in [0.25, 0.3) is 0 Å². The summed E-state index contributed by atoms with van der Waals surface area (Å²) in [6.45, 7) is 0.716. The van der Waals surface area contributed by atoms with Gasteiger partial charge >= 0.3 is 0 Å². The Morgan fingerprint density at radius 2 is 2.19 bits per heavy atom. The van der Waals surface area contributed by atoms with E-state index in [0.717, 1.165) is 36.1 Å². The van der Waals surface area contributed by atoms with E-state index in [0.29, 0.717) is 12.9 Å². The van der Waals surface area contributed by atoms with Gasteiger partial charge in [0.25, 0.3) is 0 Å². The van der Waals surface area contributed by atoms with E-state index in [9.17, 15) is 9.59 Å². The fourth-order valence-electron chi connectivity index (χ4n) is 2.40. The lowest BCUT2D eigenvalue weighted by molar-refractivity contribution is -0.131. The number of hydrogen-bond donors (Lipinski definition) is 0. The van der Waals surface area contributed by atoms with Crippen LogP contribution in [0.5, 0.6) is 5.75 Å². The van der Waals surface area contributed by atoms with Crippen LogP contribution in [-0.4, -0.2) is 18.7 Å². The third-order valence-corrected chi connectivity index (χ3v) is 3.57. The number of hydrogen-bond acceptors (Lipinski definition) is 3. The third-order valence-electron chi connectivity index (χ3n) is 3.57. The van der Waals surface area contributed by atoms with E-state index in [1.807, 2.05) is 18.2 Å². The van der Waals surface area contributed by atoms with Crippen molar-refractivity contribution in [2.45, 2.75) is 24.7 Å². The highest BCUT2D eigenvalue weighted by Crippen LogP contribution is 2.49. The maximum atomic E-state index is 11.6. The predicted octanol–water partition coefficient (Wildman–Crippen LogP) is 1.42. The van der Waals surface area contributed by atoms with Gasteiger partial charge in [0, 0.05) is 6.42 Å². The van der Waals surface area contributed by atoms with Crippen molar-refractivity contribution in [3.63, 3.8) is 0 Å². The predicted molar refractivity (Wildman–Crippen MR) is 57.6 cm³/mol. The summed E-state index contributed by atoms with van der Waals surface area (Å²) in [5.41, 5.74) is 1.63. The Morgan fingerprint density at radius 3 is 2.88 bits per heavy atom. The van der Waals surface area contributed by atoms with Gasteiger partial charge in [0.2, 0.25) is 5.78 Å². The van der Waals surface area contributed by atoms with E-state index in [1.54, 1.807) is 0 Å². The number of Topliss-reactive ketones (excluding diaryl/α,β-unsaturated/α-hetero) is 1. The van der Waals surface area contributed by atoms with Gasteiger partial charge in [-0.2, -0.15) is 0 Å². The maximum absolute atomic E-state index is 11.6. The highest BCUT2D eigenvalue weighted by atomic mass is 16.5. The molecule has 0 aromatic heterocycles. The smallest absolute Gasteiger partial charge is 0.205 e. The molecule has 2 aliphatic rings. The zero-order valence-corrected chi connectivity index (χ0v) is 8.86. The number of benzene rings is 1. The monoisotopic (exact) mass is 216 g/mol. The molecule has 0 spiro atoms. The molecule has 0 unspecified atom stereocenters. The molecule has 3 rings (SSSR count). The molecule has 0 saturated heterocycles. The Bertz CT molecular complexity index is 472. The number of rotatable bonds is 3. The Balaban J connectivity index is 2.01. The molecule has 0 radical (unpaired) electrons. The van der Waals surface area contributed by atoms with Crippen LogP contribution in [0, 0.1) is 0 Å². The number of aldehydes is 1. The fourth-order valence-corrected chi connectivity index (χ4v) is 2.40. The molecule has 0 N–H and O–H groups in total. The lowest BCUT2D eigenvalue weighted by Gasteiger charge is -2.11. The van der Waals surface area contributed by atoms with E-state index in [4.69, 9.17) is 4.74 Å². The Kier molecular flexibility index (Phi) is 1.90. The average Bonchev–Trinajstić information content (AvgIpc) is 3.00. The van der Waals surface area contributed by atoms with Crippen molar-refractivity contribution in [2.24, 2.45) is 0 Å². The fraction of sp³-hybridized carbons (Fsp3) is 0.385. The lowest BCUT2D eigenvalue weighted by atomic mass is 9.90. The molecule has 1 aliphatic carbocycles. The second-order valence-electron chi connectivity index (χ2n) is 4.49. The molecule has 1 fully saturated rings. The van der Waals surface area contributed by atoms with E-state index in [-0.39, 0.29) is 5.78 Å². The van der Waals surface area contributed by atoms with Crippen LogP contribution in [0.1, 0.15) is 24.0 Å². The zero-order chi connectivity index (χ0) is 11.2. The normalized spacial score (nSPS) is 19.8. The Hall–Kier alpha value is -1.64. The summed E-state index contributed by atoms with van der Waals surface area (Å²) < 4.78 is 5.42. The molecule has 1 aromatic rings. The number of carbonyl (C=O) groups is 2. The molecule has 0 amide bonds. The second kappa shape index (κ2) is 3.17. The van der Waals surface area contributed by atoms with E-state index in [2.05, 4.69) is 0 Å². The third kappa shape index (κ3) is 1.21. The average molecular weight is 216 g/mol. The summed E-state index contributed by atoms with van der Waals surface area (Å²) in [5.74, 6) is 0.629. The molecule has 0 bridgehead atoms. The minimum Gasteiger partial charge on any atom is -0.493 e. The molecule has 3 heteroatoms. The van der Waals surface area contributed by atoms with Crippen LogP contribution in [0.3, 0.4) is 0 Å². The number of fused-ring (bicyclic) bond motifs is 1. The molecule has 16 heavy (non-hydrogen) atoms. The highest BCUT2D eigenvalue weighted by Gasteiger charge is 2.50. The summed E-state index contributed by atoms with van der Waals surface area (Å²) >= 11 is 0. The molecule has 3 nitrogen and oxygen atoms in total. The van der Waals surface area contributed by atoms with Crippen LogP contribution in [0.2, 0.25) is 0 Å². The maximum Gasteiger partial charge on any atom is 0.205 e. The van der Waals surface area contributed by atoms with Crippen molar-refractivity contribution < 1.29 is 14.3 Å². The minimum absolute atomic E-state index is 0.286. The number of ether oxygens (including phenoxy) is 1. The van der Waals surface area contributed by atoms with Gasteiger partial charge in [-0.1, -0.05) is 12.1 Å². The Morgan fingerprint density at radius 1 is 1.38 bits per heavy atom. The molecule has 1 aromatic carbocycles. The van der Waals surface area contributed by atoms with Gasteiger partial charge in [-0.05, 0) is 30.0 Å². The Labute approximate surface area is 93.4 Å². The SMILES string of the molecule is O=CC(=O)C1(c2ccc3c(c2)CCO3)CC1. The second-order valence-corrected chi connectivity index (χ2v) is 4.49. The van der Waals surface area contributed by atoms with Crippen LogP contribution in [0.4, 0.5) is 0 Å². The molecule has 82 valence electrons. The minimum atomic E-state index is -0.501. The molecular weight excluding hydrogens is 204 g/mol. The summed E-state index contributed by atoms with van der Waals surface area (Å²) in [5, 5.41) is 0. The van der Waals surface area contributed by atoms with Gasteiger partial charge in [0.15, 0.2) is 6.29 Å². The van der Waals surface area contributed by atoms with Crippen molar-refractivity contribution in [1.82, 2.24) is 0 Å². The first-order valence-electron chi connectivity index (χ1n) is 5.52. The van der Waals surface area contributed by atoms with Crippen LogP contribution in [-0.2, 0) is 21.4 Å². The van der Waals surface area contributed by atoms with Gasteiger partial charge < -0.3 is 4.74 Å². The van der Waals surface area contributed by atoms with Gasteiger partial charge in [0.1, 0.15) is 5.75 Å². The van der Waals surface area contributed by atoms with E-state index < -0.39 is 5.41 Å². The topological polar surface area (TPSA) is 43.4 Å². The standard InChI is InChI=1S/C13H12O3/c14-8-12(15)13(4-5-13)10-1-2-11-9(7-10)3-6-16-11/h1-2,7-8H,3-6H2. The van der Waals surface area contributed by atoms with Crippen molar-refractivity contribution in [3.05, 3.63) is 29.3 Å². The number of carbonyl (C=O) groups excluding carboxylic acids is 2. The summed E-state index contributed by atoms with van der Waals surface area (Å²) in [6.07, 6.45) is 2.94. The van der Waals surface area contributed by atoms with Gasteiger partial charge in [-0.3, -0.25) is 9.59 Å². The van der Waals surface area contributed by atoms with Gasteiger partial charge in [-0.15, -0.1) is 0 Å². The van der Waals surface area contributed by atoms with Crippen molar-refractivity contribution in [2.75, 3.05) is 6.61 Å². The molecule has 0 atom stereocenters. The summed E-state index contributed by atoms with van der Waals surface area (Å²) in [6, 6.07) is 5.85. The molecule has 1 saturated carbocycles. The van der Waals surface area contributed by atoms with Crippen molar-refractivity contribution >= 4 is 12.1 Å². The lowest BCUT2D eigenvalue weighted by Crippen LogP contribution is -2.21. The molecule has 1 heterocycles. The summed E-state index contributed by atoms with van der Waals surface area (Å²) in [7, 11) is 0. The van der Waals surface area contributed by atoms with Gasteiger partial charge in [0.05, 0.1) is 12.0 Å². The van der Waals surface area contributed by atoms with E-state index in [1.165, 1.54) is 0 Å². The van der Waals surface area contributed by atoms with Crippen molar-refractivity contribution in [3.8, 4) is 5.75 Å². The first-order valence-corrected chi connectivity index (χ1v) is 5.52. The van der Waals surface area contributed by atoms with Crippen LogP contribution < -0.4 is 4.74 Å². The van der Waals surface area contributed by atoms with Crippen LogP contribution in [0.15, 0.2) is 18.2 Å². The quantitative estimate of drug-likeness (QED) is 0.567. The first kappa shape index (κ1) is 9.58. The largest absolute Gasteiger partial charge is 0.493 e. The van der Waals surface area contributed by atoms with Gasteiger partial charge in [-0.25, -0.2) is 0 Å². The molecular formula is C13H12O3. The van der Waals surface area contributed by atoms with Crippen LogP contribution >= 0.6 is 0 Å².